The van der Waals surface area contributed by atoms with Crippen molar-refractivity contribution in [2.75, 3.05) is 18.6 Å². The lowest BCUT2D eigenvalue weighted by Gasteiger charge is -2.26. The highest BCUT2D eigenvalue weighted by atomic mass is 35.5. The van der Waals surface area contributed by atoms with Crippen LogP contribution in [0.3, 0.4) is 0 Å². The highest BCUT2D eigenvalue weighted by Gasteiger charge is 2.19. The Labute approximate surface area is 223 Å². The van der Waals surface area contributed by atoms with Crippen molar-refractivity contribution in [3.63, 3.8) is 0 Å². The number of halogens is 3. The van der Waals surface area contributed by atoms with E-state index in [0.717, 1.165) is 5.56 Å². The molecule has 0 aliphatic rings. The number of hydrogen-bond acceptors (Lipinski definition) is 5. The van der Waals surface area contributed by atoms with Gasteiger partial charge in [0.2, 0.25) is 0 Å². The Morgan fingerprint density at radius 1 is 0.943 bits per heavy atom. The Morgan fingerprint density at radius 3 is 2.23 bits per heavy atom. The third-order valence-electron chi connectivity index (χ3n) is 4.91. The van der Waals surface area contributed by atoms with Crippen LogP contribution in [-0.2, 0) is 11.3 Å². The van der Waals surface area contributed by atoms with Crippen molar-refractivity contribution in [2.45, 2.75) is 13.5 Å². The average Bonchev–Trinajstić information content (AvgIpc) is 2.83. The van der Waals surface area contributed by atoms with Gasteiger partial charge in [0.1, 0.15) is 5.75 Å². The molecule has 0 aliphatic heterocycles. The van der Waals surface area contributed by atoms with E-state index >= 15 is 0 Å². The van der Waals surface area contributed by atoms with Gasteiger partial charge in [-0.15, -0.1) is 0 Å². The lowest BCUT2D eigenvalue weighted by molar-refractivity contribution is 0.0526. The van der Waals surface area contributed by atoms with Crippen molar-refractivity contribution in [3.05, 3.63) is 92.4 Å². The summed E-state index contributed by atoms with van der Waals surface area (Å²) in [6.45, 7) is 2.24. The largest absolute Gasteiger partial charge is 0.495 e. The van der Waals surface area contributed by atoms with Crippen LogP contribution >= 0.6 is 47.0 Å². The molecule has 0 radical (unpaired) electrons. The van der Waals surface area contributed by atoms with Crippen LogP contribution in [0, 0.1) is 0 Å². The smallest absolute Gasteiger partial charge is 0.338 e. The highest BCUT2D eigenvalue weighted by Crippen LogP contribution is 2.27. The molecule has 182 valence electrons. The summed E-state index contributed by atoms with van der Waals surface area (Å²) >= 11 is 24.2. The van der Waals surface area contributed by atoms with Gasteiger partial charge in [0.05, 0.1) is 30.8 Å². The predicted molar refractivity (Wildman–Crippen MR) is 143 cm³/mol. The summed E-state index contributed by atoms with van der Waals surface area (Å²) in [5.41, 5.74) is 2.06. The molecule has 0 saturated carbocycles. The number of rotatable bonds is 7. The number of ether oxygens (including phenoxy) is 2. The quantitative estimate of drug-likeness (QED) is 0.265. The van der Waals surface area contributed by atoms with Crippen LogP contribution in [-0.4, -0.2) is 30.7 Å². The lowest BCUT2D eigenvalue weighted by atomic mass is 10.1. The first-order chi connectivity index (χ1) is 16.7. The fraction of sp³-hybridized carbons (Fsp3) is 0.160. The molecule has 35 heavy (non-hydrogen) atoms. The Kier molecular flexibility index (Phi) is 9.34. The second-order valence-electron chi connectivity index (χ2n) is 7.20. The van der Waals surface area contributed by atoms with E-state index in [0.29, 0.717) is 37.6 Å². The zero-order valence-electron chi connectivity index (χ0n) is 18.8. The zero-order chi connectivity index (χ0) is 25.5. The number of hydrogen-bond donors (Lipinski definition) is 1. The Hall–Kier alpha value is -2.84. The third kappa shape index (κ3) is 6.86. The predicted octanol–water partition coefficient (Wildman–Crippen LogP) is 6.55. The summed E-state index contributed by atoms with van der Waals surface area (Å²) in [5, 5.41) is 4.09. The van der Waals surface area contributed by atoms with Crippen LogP contribution < -0.4 is 15.0 Å². The fourth-order valence-corrected chi connectivity index (χ4v) is 4.13. The summed E-state index contributed by atoms with van der Waals surface area (Å²) in [7, 11) is 1.49. The molecular formula is C25H21Cl3N2O4S. The molecule has 6 nitrogen and oxygen atoms in total. The van der Waals surface area contributed by atoms with Crippen molar-refractivity contribution in [1.29, 1.82) is 0 Å². The molecule has 0 fully saturated rings. The van der Waals surface area contributed by atoms with Crippen LogP contribution in [0.1, 0.15) is 33.2 Å². The first-order valence-electron chi connectivity index (χ1n) is 10.4. The third-order valence-corrected chi connectivity index (χ3v) is 6.12. The van der Waals surface area contributed by atoms with Gasteiger partial charge in [0.25, 0.3) is 5.91 Å². The van der Waals surface area contributed by atoms with E-state index in [9.17, 15) is 9.59 Å². The molecule has 0 aromatic heterocycles. The van der Waals surface area contributed by atoms with E-state index < -0.39 is 11.9 Å². The van der Waals surface area contributed by atoms with Gasteiger partial charge in [-0.1, -0.05) is 40.9 Å². The highest BCUT2D eigenvalue weighted by molar-refractivity contribution is 7.80. The summed E-state index contributed by atoms with van der Waals surface area (Å²) in [4.78, 5) is 26.6. The van der Waals surface area contributed by atoms with Crippen molar-refractivity contribution >= 4 is 69.7 Å². The Bertz CT molecular complexity index is 1250. The van der Waals surface area contributed by atoms with Crippen molar-refractivity contribution in [1.82, 2.24) is 5.32 Å². The minimum atomic E-state index is -0.449. The number of amides is 1. The van der Waals surface area contributed by atoms with Crippen molar-refractivity contribution < 1.29 is 19.1 Å². The molecule has 0 aliphatic carbocycles. The van der Waals surface area contributed by atoms with Crippen molar-refractivity contribution in [3.8, 4) is 5.75 Å². The molecule has 1 N–H and O–H groups in total. The van der Waals surface area contributed by atoms with Gasteiger partial charge in [0, 0.05) is 21.3 Å². The van der Waals surface area contributed by atoms with E-state index in [1.54, 1.807) is 66.4 Å². The molecule has 0 bridgehead atoms. The molecule has 3 aromatic rings. The lowest BCUT2D eigenvalue weighted by Crippen LogP contribution is -2.42. The minimum Gasteiger partial charge on any atom is -0.495 e. The average molecular weight is 552 g/mol. The van der Waals surface area contributed by atoms with Crippen LogP contribution in [0.15, 0.2) is 60.7 Å². The van der Waals surface area contributed by atoms with Gasteiger partial charge in [-0.05, 0) is 79.3 Å². The number of carbonyl (C=O) groups excluding carboxylic acids is 2. The molecule has 3 aromatic carbocycles. The topological polar surface area (TPSA) is 67.9 Å². The summed E-state index contributed by atoms with van der Waals surface area (Å²) in [6.07, 6.45) is 0. The minimum absolute atomic E-state index is 0.122. The molecule has 0 spiro atoms. The number of methoxy groups -OCH3 is 1. The standard InChI is InChI=1S/C25H21Cl3N2O4S/c1-3-34-24(32)15-5-9-19(10-6-15)30(14-17-4-8-18(26)13-20(17)27)25(35)29-23(31)16-7-11-22(33-2)21(28)12-16/h4-13H,3,14H2,1-2H3,(H,29,31,35). The summed E-state index contributed by atoms with van der Waals surface area (Å²) in [5.74, 6) is -0.431. The SMILES string of the molecule is CCOC(=O)c1ccc(N(Cc2ccc(Cl)cc2Cl)C(=S)NC(=O)c2ccc(OC)c(Cl)c2)cc1. The molecule has 10 heteroatoms. The van der Waals surface area contributed by atoms with Gasteiger partial charge >= 0.3 is 5.97 Å². The zero-order valence-corrected chi connectivity index (χ0v) is 21.9. The maximum Gasteiger partial charge on any atom is 0.338 e. The Morgan fingerprint density at radius 2 is 1.63 bits per heavy atom. The molecule has 0 unspecified atom stereocenters. The summed E-state index contributed by atoms with van der Waals surface area (Å²) < 4.78 is 10.2. The van der Waals surface area contributed by atoms with Crippen molar-refractivity contribution in [2.24, 2.45) is 0 Å². The van der Waals surface area contributed by atoms with Crippen LogP contribution in [0.25, 0.3) is 0 Å². The second-order valence-corrected chi connectivity index (χ2v) is 8.84. The molecule has 0 heterocycles. The maximum absolute atomic E-state index is 12.9. The number of nitrogens with one attached hydrogen (secondary N) is 1. The van der Waals surface area contributed by atoms with E-state index in [-0.39, 0.29) is 18.3 Å². The molecule has 0 saturated heterocycles. The van der Waals surface area contributed by atoms with E-state index in [4.69, 9.17) is 56.5 Å². The van der Waals surface area contributed by atoms with Gasteiger partial charge in [-0.2, -0.15) is 0 Å². The van der Waals surface area contributed by atoms with Crippen LogP contribution in [0.4, 0.5) is 5.69 Å². The van der Waals surface area contributed by atoms with Crippen LogP contribution in [0.5, 0.6) is 5.75 Å². The number of anilines is 1. The number of nitrogens with zero attached hydrogens (tertiary/aromatic N) is 1. The van der Waals surface area contributed by atoms with Gasteiger partial charge in [-0.25, -0.2) is 4.79 Å². The van der Waals surface area contributed by atoms with Gasteiger partial charge in [0.15, 0.2) is 5.11 Å². The number of esters is 1. The molecule has 3 rings (SSSR count). The number of benzene rings is 3. The molecule has 1 amide bonds. The molecular weight excluding hydrogens is 531 g/mol. The first kappa shape index (κ1) is 26.8. The summed E-state index contributed by atoms with van der Waals surface area (Å²) in [6, 6.07) is 16.4. The molecule has 0 atom stereocenters. The van der Waals surface area contributed by atoms with E-state index in [2.05, 4.69) is 5.32 Å². The normalized spacial score (nSPS) is 10.4. The second kappa shape index (κ2) is 12.2. The van der Waals surface area contributed by atoms with Gasteiger partial charge in [-0.3, -0.25) is 10.1 Å². The van der Waals surface area contributed by atoms with E-state index in [1.165, 1.54) is 13.2 Å². The number of thiocarbonyl (C=S) groups is 1. The van der Waals surface area contributed by atoms with Gasteiger partial charge < -0.3 is 14.4 Å². The monoisotopic (exact) mass is 550 g/mol. The number of carbonyl (C=O) groups is 2. The fourth-order valence-electron chi connectivity index (χ4n) is 3.14. The first-order valence-corrected chi connectivity index (χ1v) is 11.9. The Balaban J connectivity index is 1.89. The van der Waals surface area contributed by atoms with E-state index in [1.807, 2.05) is 0 Å². The maximum atomic E-state index is 12.9. The van der Waals surface area contributed by atoms with Crippen LogP contribution in [0.2, 0.25) is 15.1 Å².